The van der Waals surface area contributed by atoms with Crippen molar-refractivity contribution in [1.82, 2.24) is 0 Å². The van der Waals surface area contributed by atoms with Crippen LogP contribution in [0.3, 0.4) is 0 Å². The van der Waals surface area contributed by atoms with Gasteiger partial charge in [-0.05, 0) is 55.0 Å². The maximum Gasteiger partial charge on any atom is 0.338 e. The molecule has 0 amide bonds. The van der Waals surface area contributed by atoms with Gasteiger partial charge in [-0.15, -0.1) is 0 Å². The Hall–Kier alpha value is -3.16. The van der Waals surface area contributed by atoms with Gasteiger partial charge in [0.25, 0.3) is 10.0 Å². The molecular weight excluding hydrogens is 438 g/mol. The molecule has 0 aliphatic heterocycles. The van der Waals surface area contributed by atoms with Crippen molar-refractivity contribution in [2.45, 2.75) is 18.4 Å². The van der Waals surface area contributed by atoms with Gasteiger partial charge < -0.3 is 4.74 Å². The number of hydrogen-bond acceptors (Lipinski definition) is 5. The first-order chi connectivity index (χ1) is 14.8. The van der Waals surface area contributed by atoms with Crippen molar-refractivity contribution in [1.29, 1.82) is 0 Å². The molecule has 3 aromatic carbocycles. The number of rotatable bonds is 8. The molecule has 6 nitrogen and oxygen atoms in total. The van der Waals surface area contributed by atoms with E-state index >= 15 is 0 Å². The van der Waals surface area contributed by atoms with E-state index in [-0.39, 0.29) is 29.4 Å². The summed E-state index contributed by atoms with van der Waals surface area (Å²) in [5.74, 6) is -1.08. The molecule has 0 N–H and O–H groups in total. The van der Waals surface area contributed by atoms with Gasteiger partial charge in [-0.3, -0.25) is 9.10 Å². The average Bonchev–Trinajstić information content (AvgIpc) is 2.77. The van der Waals surface area contributed by atoms with Crippen LogP contribution in [0.15, 0.2) is 83.8 Å². The number of ether oxygens (including phenoxy) is 1. The lowest BCUT2D eigenvalue weighted by atomic mass is 10.2. The van der Waals surface area contributed by atoms with E-state index in [0.29, 0.717) is 10.7 Å². The molecule has 0 heterocycles. The maximum atomic E-state index is 13.5. The molecule has 0 saturated carbocycles. The van der Waals surface area contributed by atoms with E-state index in [0.717, 1.165) is 5.56 Å². The Kier molecular flexibility index (Phi) is 7.09. The van der Waals surface area contributed by atoms with Crippen molar-refractivity contribution in [3.8, 4) is 0 Å². The third-order valence-corrected chi connectivity index (χ3v) is 6.37. The molecular formula is C23H20ClNO5S. The summed E-state index contributed by atoms with van der Waals surface area (Å²) >= 11 is 5.97. The Balaban J connectivity index is 2.00. The highest BCUT2D eigenvalue weighted by atomic mass is 35.5. The standard InChI is InChI=1S/C23H20ClNO5S/c1-17(26)16-30-23(27)19-8-5-9-22(14-19)31(28,29)25(15-18-6-3-2-4-7-18)21-12-10-20(24)11-13-21/h2-14H,15-16H2,1H3. The first-order valence-corrected chi connectivity index (χ1v) is 11.2. The first kappa shape index (κ1) is 22.5. The number of esters is 1. The normalized spacial score (nSPS) is 11.0. The highest BCUT2D eigenvalue weighted by molar-refractivity contribution is 7.92. The van der Waals surface area contributed by atoms with Gasteiger partial charge in [0.05, 0.1) is 22.7 Å². The fraction of sp³-hybridized carbons (Fsp3) is 0.130. The van der Waals surface area contributed by atoms with Crippen LogP contribution in [0.5, 0.6) is 0 Å². The number of carbonyl (C=O) groups is 2. The van der Waals surface area contributed by atoms with E-state index in [4.69, 9.17) is 16.3 Å². The zero-order chi connectivity index (χ0) is 22.4. The molecule has 0 radical (unpaired) electrons. The fourth-order valence-electron chi connectivity index (χ4n) is 2.83. The SMILES string of the molecule is CC(=O)COC(=O)c1cccc(S(=O)(=O)N(Cc2ccccc2)c2ccc(Cl)cc2)c1. The van der Waals surface area contributed by atoms with Crippen LogP contribution in [0.2, 0.25) is 5.02 Å². The van der Waals surface area contributed by atoms with Crippen LogP contribution in [0.25, 0.3) is 0 Å². The highest BCUT2D eigenvalue weighted by Crippen LogP contribution is 2.28. The topological polar surface area (TPSA) is 80.8 Å². The quantitative estimate of drug-likeness (QED) is 0.466. The number of nitrogens with zero attached hydrogens (tertiary/aromatic N) is 1. The van der Waals surface area contributed by atoms with Gasteiger partial charge in [0.15, 0.2) is 5.78 Å². The molecule has 0 saturated heterocycles. The van der Waals surface area contributed by atoms with Crippen LogP contribution in [-0.2, 0) is 26.1 Å². The number of halogens is 1. The molecule has 0 spiro atoms. The molecule has 0 atom stereocenters. The van der Waals surface area contributed by atoms with Crippen molar-refractivity contribution in [3.05, 3.63) is 95.0 Å². The molecule has 0 aromatic heterocycles. The third kappa shape index (κ3) is 5.71. The number of ketones is 1. The average molecular weight is 458 g/mol. The Morgan fingerprint density at radius 3 is 2.26 bits per heavy atom. The predicted octanol–water partition coefficient (Wildman–Crippen LogP) is 4.48. The van der Waals surface area contributed by atoms with E-state index in [1.807, 2.05) is 30.3 Å². The smallest absolute Gasteiger partial charge is 0.338 e. The maximum absolute atomic E-state index is 13.5. The molecule has 0 aliphatic rings. The largest absolute Gasteiger partial charge is 0.454 e. The Morgan fingerprint density at radius 1 is 0.935 bits per heavy atom. The van der Waals surface area contributed by atoms with Gasteiger partial charge in [-0.1, -0.05) is 48.0 Å². The molecule has 3 aromatic rings. The molecule has 0 bridgehead atoms. The number of Topliss-reactive ketones (excluding diaryl/α,β-unsaturated/α-hetero) is 1. The number of carbonyl (C=O) groups excluding carboxylic acids is 2. The Bertz CT molecular complexity index is 1180. The first-order valence-electron chi connectivity index (χ1n) is 9.36. The minimum atomic E-state index is -4.04. The zero-order valence-electron chi connectivity index (χ0n) is 16.7. The molecule has 31 heavy (non-hydrogen) atoms. The summed E-state index contributed by atoms with van der Waals surface area (Å²) in [5, 5.41) is 0.482. The Labute approximate surface area is 186 Å². The summed E-state index contributed by atoms with van der Waals surface area (Å²) in [7, 11) is -4.04. The second-order valence-corrected chi connectivity index (χ2v) is 9.08. The highest BCUT2D eigenvalue weighted by Gasteiger charge is 2.26. The van der Waals surface area contributed by atoms with E-state index in [1.165, 1.54) is 35.5 Å². The third-order valence-electron chi connectivity index (χ3n) is 4.35. The van der Waals surface area contributed by atoms with Crippen LogP contribution in [0.4, 0.5) is 5.69 Å². The van der Waals surface area contributed by atoms with Crippen LogP contribution in [0.1, 0.15) is 22.8 Å². The van der Waals surface area contributed by atoms with E-state index in [9.17, 15) is 18.0 Å². The van der Waals surface area contributed by atoms with E-state index in [2.05, 4.69) is 0 Å². The minimum Gasteiger partial charge on any atom is -0.454 e. The van der Waals surface area contributed by atoms with Crippen molar-refractivity contribution in [3.63, 3.8) is 0 Å². The Morgan fingerprint density at radius 2 is 1.61 bits per heavy atom. The predicted molar refractivity (Wildman–Crippen MR) is 119 cm³/mol. The van der Waals surface area contributed by atoms with Gasteiger partial charge in [-0.2, -0.15) is 0 Å². The molecule has 0 unspecified atom stereocenters. The lowest BCUT2D eigenvalue weighted by Crippen LogP contribution is -2.30. The van der Waals surface area contributed by atoms with Crippen LogP contribution < -0.4 is 4.31 Å². The van der Waals surface area contributed by atoms with Crippen molar-refractivity contribution in [2.75, 3.05) is 10.9 Å². The molecule has 8 heteroatoms. The molecule has 0 fully saturated rings. The second-order valence-electron chi connectivity index (χ2n) is 6.78. The van der Waals surface area contributed by atoms with Crippen molar-refractivity contribution in [2.24, 2.45) is 0 Å². The summed E-state index contributed by atoms with van der Waals surface area (Å²) in [4.78, 5) is 23.2. The summed E-state index contributed by atoms with van der Waals surface area (Å²) in [6.07, 6.45) is 0. The van der Waals surface area contributed by atoms with Gasteiger partial charge in [-0.25, -0.2) is 13.2 Å². The summed E-state index contributed by atoms with van der Waals surface area (Å²) in [6.45, 7) is 1.01. The number of anilines is 1. The monoisotopic (exact) mass is 457 g/mol. The molecule has 3 rings (SSSR count). The molecule has 0 aliphatic carbocycles. The fourth-order valence-corrected chi connectivity index (χ4v) is 4.46. The lowest BCUT2D eigenvalue weighted by Gasteiger charge is -2.25. The van der Waals surface area contributed by atoms with Gasteiger partial charge >= 0.3 is 5.97 Å². The van der Waals surface area contributed by atoms with Crippen LogP contribution in [0, 0.1) is 0 Å². The van der Waals surface area contributed by atoms with Crippen molar-refractivity contribution >= 4 is 39.1 Å². The number of hydrogen-bond donors (Lipinski definition) is 0. The van der Waals surface area contributed by atoms with Crippen LogP contribution >= 0.6 is 11.6 Å². The second kappa shape index (κ2) is 9.76. The summed E-state index contributed by atoms with van der Waals surface area (Å²) in [6, 6.07) is 21.2. The van der Waals surface area contributed by atoms with Crippen molar-refractivity contribution < 1.29 is 22.7 Å². The number of sulfonamides is 1. The van der Waals surface area contributed by atoms with E-state index in [1.54, 1.807) is 24.3 Å². The zero-order valence-corrected chi connectivity index (χ0v) is 18.3. The summed E-state index contributed by atoms with van der Waals surface area (Å²) in [5.41, 5.74) is 1.26. The lowest BCUT2D eigenvalue weighted by molar-refractivity contribution is -0.120. The van der Waals surface area contributed by atoms with Crippen LogP contribution in [-0.4, -0.2) is 26.8 Å². The van der Waals surface area contributed by atoms with Gasteiger partial charge in [0.1, 0.15) is 6.61 Å². The van der Waals surface area contributed by atoms with E-state index < -0.39 is 16.0 Å². The van der Waals surface area contributed by atoms with Gasteiger partial charge in [0.2, 0.25) is 0 Å². The van der Waals surface area contributed by atoms with Gasteiger partial charge in [0, 0.05) is 5.02 Å². The number of benzene rings is 3. The summed E-state index contributed by atoms with van der Waals surface area (Å²) < 4.78 is 33.2. The molecule has 160 valence electrons. The minimum absolute atomic E-state index is 0.0399.